The normalized spacial score (nSPS) is 11.9. The van der Waals surface area contributed by atoms with Gasteiger partial charge >= 0.3 is 0 Å². The number of benzene rings is 2. The minimum atomic E-state index is -0.997. The van der Waals surface area contributed by atoms with Crippen LogP contribution in [0.5, 0.6) is 0 Å². The molecule has 0 unspecified atom stereocenters. The lowest BCUT2D eigenvalue weighted by Gasteiger charge is -2.16. The van der Waals surface area contributed by atoms with E-state index in [1.54, 1.807) is 6.92 Å². The number of halogens is 2. The summed E-state index contributed by atoms with van der Waals surface area (Å²) in [5.41, 5.74) is 15.8. The maximum absolute atomic E-state index is 13.6. The first-order valence-electron chi connectivity index (χ1n) is 12.0. The Labute approximate surface area is 222 Å². The lowest BCUT2D eigenvalue weighted by Crippen LogP contribution is -2.29. The summed E-state index contributed by atoms with van der Waals surface area (Å²) in [5.74, 6) is -1.83. The Bertz CT molecular complexity index is 1690. The van der Waals surface area contributed by atoms with Crippen molar-refractivity contribution in [3.63, 3.8) is 0 Å². The van der Waals surface area contributed by atoms with Crippen molar-refractivity contribution >= 4 is 34.4 Å². The summed E-state index contributed by atoms with van der Waals surface area (Å²) in [6.07, 6.45) is 4.74. The minimum Gasteiger partial charge on any atom is -0.383 e. The fraction of sp³-hybridized carbons (Fsp3) is 0.148. The molecule has 3 aromatic heterocycles. The maximum atomic E-state index is 13.6. The summed E-state index contributed by atoms with van der Waals surface area (Å²) in [6, 6.07) is 10.6. The van der Waals surface area contributed by atoms with E-state index in [1.807, 2.05) is 42.1 Å². The van der Waals surface area contributed by atoms with Gasteiger partial charge in [0.1, 0.15) is 23.6 Å². The number of rotatable bonds is 7. The van der Waals surface area contributed by atoms with Crippen molar-refractivity contribution in [1.29, 1.82) is 0 Å². The van der Waals surface area contributed by atoms with Gasteiger partial charge < -0.3 is 26.7 Å². The van der Waals surface area contributed by atoms with Crippen LogP contribution < -0.4 is 22.1 Å². The number of fused-ring (bicyclic) bond motifs is 1. The highest BCUT2D eigenvalue weighted by Crippen LogP contribution is 2.32. The summed E-state index contributed by atoms with van der Waals surface area (Å²) < 4.78 is 28.8. The van der Waals surface area contributed by atoms with E-state index in [0.29, 0.717) is 17.9 Å². The minimum absolute atomic E-state index is 0.0210. The standard InChI is InChI=1S/C27H25F2N9O/c1-14(17-7-8-19(28)20(29)9-17)36-27(39)23-25(33-11-21(30)37-23)32-10-15-3-5-16(6-4-15)18-12-38(2)26-22(18)24(31)34-13-35-26/h3-9,11-14H,10H2,1-2H3,(H2,30,37)(H,32,33)(H,36,39)(H2,31,34,35)/t14-/m0/s1. The molecule has 0 aliphatic carbocycles. The molecule has 10 nitrogen and oxygen atoms in total. The number of amides is 1. The zero-order valence-electron chi connectivity index (χ0n) is 21.1. The molecular weight excluding hydrogens is 504 g/mol. The van der Waals surface area contributed by atoms with Gasteiger partial charge in [-0.2, -0.15) is 0 Å². The molecule has 0 saturated carbocycles. The Hall–Kier alpha value is -5.13. The van der Waals surface area contributed by atoms with E-state index >= 15 is 0 Å². The van der Waals surface area contributed by atoms with Crippen LogP contribution in [-0.4, -0.2) is 30.4 Å². The SMILES string of the molecule is C[C@H](NC(=O)c1nc(N)cnc1NCc1ccc(-c2cn(C)c3ncnc(N)c23)cc1)c1ccc(F)c(F)c1. The Kier molecular flexibility index (Phi) is 6.75. The molecule has 0 fully saturated rings. The van der Waals surface area contributed by atoms with E-state index in [-0.39, 0.29) is 17.3 Å². The number of nitrogen functional groups attached to an aromatic ring is 2. The smallest absolute Gasteiger partial charge is 0.274 e. The van der Waals surface area contributed by atoms with Gasteiger partial charge in [-0.1, -0.05) is 30.3 Å². The zero-order valence-corrected chi connectivity index (χ0v) is 21.1. The lowest BCUT2D eigenvalue weighted by molar-refractivity contribution is 0.0935. The van der Waals surface area contributed by atoms with Crippen LogP contribution >= 0.6 is 0 Å². The number of anilines is 3. The van der Waals surface area contributed by atoms with Gasteiger partial charge in [0.25, 0.3) is 5.91 Å². The van der Waals surface area contributed by atoms with Gasteiger partial charge in [-0.05, 0) is 35.7 Å². The number of nitrogens with one attached hydrogen (secondary N) is 2. The molecule has 0 aliphatic heterocycles. The van der Waals surface area contributed by atoms with Gasteiger partial charge in [-0.25, -0.2) is 28.7 Å². The number of aromatic nitrogens is 5. The third-order valence-electron chi connectivity index (χ3n) is 6.31. The van der Waals surface area contributed by atoms with Gasteiger partial charge in [0.15, 0.2) is 23.1 Å². The van der Waals surface area contributed by atoms with E-state index in [4.69, 9.17) is 11.5 Å². The third kappa shape index (κ3) is 5.17. The molecule has 12 heteroatoms. The maximum Gasteiger partial charge on any atom is 0.274 e. The van der Waals surface area contributed by atoms with Crippen LogP contribution in [0.25, 0.3) is 22.2 Å². The largest absolute Gasteiger partial charge is 0.383 e. The number of carbonyl (C=O) groups excluding carboxylic acids is 1. The topological polar surface area (TPSA) is 150 Å². The van der Waals surface area contributed by atoms with Crippen molar-refractivity contribution in [2.45, 2.75) is 19.5 Å². The number of hydrogen-bond donors (Lipinski definition) is 4. The predicted molar refractivity (Wildman–Crippen MR) is 144 cm³/mol. The van der Waals surface area contributed by atoms with E-state index in [2.05, 4.69) is 30.6 Å². The quantitative estimate of drug-likeness (QED) is 0.247. The van der Waals surface area contributed by atoms with Crippen LogP contribution in [0.3, 0.4) is 0 Å². The van der Waals surface area contributed by atoms with Gasteiger partial charge in [-0.3, -0.25) is 4.79 Å². The molecule has 0 bridgehead atoms. The van der Waals surface area contributed by atoms with Crippen molar-refractivity contribution in [3.05, 3.63) is 89.6 Å². The number of carbonyl (C=O) groups is 1. The van der Waals surface area contributed by atoms with Crippen LogP contribution in [0, 0.1) is 11.6 Å². The number of hydrogen-bond acceptors (Lipinski definition) is 8. The first kappa shape index (κ1) is 25.5. The van der Waals surface area contributed by atoms with Crippen LogP contribution in [-0.2, 0) is 13.6 Å². The van der Waals surface area contributed by atoms with Crippen molar-refractivity contribution in [1.82, 2.24) is 29.8 Å². The van der Waals surface area contributed by atoms with Crippen LogP contribution in [0.1, 0.15) is 34.6 Å². The molecule has 1 atom stereocenters. The second-order valence-electron chi connectivity index (χ2n) is 9.02. The fourth-order valence-electron chi connectivity index (χ4n) is 4.26. The molecule has 6 N–H and O–H groups in total. The Morgan fingerprint density at radius 1 is 1.05 bits per heavy atom. The molecule has 0 aliphatic rings. The second-order valence-corrected chi connectivity index (χ2v) is 9.02. The molecule has 3 heterocycles. The van der Waals surface area contributed by atoms with Crippen LogP contribution in [0.15, 0.2) is 61.2 Å². The van der Waals surface area contributed by atoms with E-state index in [9.17, 15) is 13.6 Å². The Balaban J connectivity index is 1.31. The van der Waals surface area contributed by atoms with Crippen LogP contribution in [0.2, 0.25) is 0 Å². The van der Waals surface area contributed by atoms with Crippen LogP contribution in [0.4, 0.5) is 26.2 Å². The highest BCUT2D eigenvalue weighted by atomic mass is 19.2. The van der Waals surface area contributed by atoms with Crippen molar-refractivity contribution < 1.29 is 13.6 Å². The highest BCUT2D eigenvalue weighted by Gasteiger charge is 2.19. The molecule has 0 saturated heterocycles. The van der Waals surface area contributed by atoms with Crippen molar-refractivity contribution in [3.8, 4) is 11.1 Å². The van der Waals surface area contributed by atoms with E-state index < -0.39 is 23.6 Å². The van der Waals surface area contributed by atoms with E-state index in [1.165, 1.54) is 18.6 Å². The van der Waals surface area contributed by atoms with Gasteiger partial charge in [-0.15, -0.1) is 0 Å². The second kappa shape index (κ2) is 10.3. The summed E-state index contributed by atoms with van der Waals surface area (Å²) in [7, 11) is 1.90. The zero-order chi connectivity index (χ0) is 27.7. The monoisotopic (exact) mass is 529 g/mol. The molecule has 0 radical (unpaired) electrons. The molecule has 39 heavy (non-hydrogen) atoms. The highest BCUT2D eigenvalue weighted by molar-refractivity contribution is 6.00. The van der Waals surface area contributed by atoms with Gasteiger partial charge in [0, 0.05) is 25.4 Å². The predicted octanol–water partition coefficient (Wildman–Crippen LogP) is 3.97. The number of nitrogens with two attached hydrogens (primary N) is 2. The third-order valence-corrected chi connectivity index (χ3v) is 6.31. The Morgan fingerprint density at radius 3 is 2.56 bits per heavy atom. The van der Waals surface area contributed by atoms with Crippen molar-refractivity contribution in [2.75, 3.05) is 16.8 Å². The molecule has 0 spiro atoms. The number of nitrogens with zero attached hydrogens (tertiary/aromatic N) is 5. The summed E-state index contributed by atoms with van der Waals surface area (Å²) in [5, 5.41) is 6.64. The fourth-order valence-corrected chi connectivity index (χ4v) is 4.26. The number of aryl methyl sites for hydroxylation is 1. The summed E-state index contributed by atoms with van der Waals surface area (Å²) in [4.78, 5) is 29.8. The Morgan fingerprint density at radius 2 is 1.82 bits per heavy atom. The lowest BCUT2D eigenvalue weighted by atomic mass is 10.0. The molecule has 5 rings (SSSR count). The van der Waals surface area contributed by atoms with Gasteiger partial charge in [0.2, 0.25) is 0 Å². The molecule has 198 valence electrons. The molecule has 1 amide bonds. The van der Waals surface area contributed by atoms with Gasteiger partial charge in [0.05, 0.1) is 17.6 Å². The summed E-state index contributed by atoms with van der Waals surface area (Å²) >= 11 is 0. The molecule has 2 aromatic carbocycles. The summed E-state index contributed by atoms with van der Waals surface area (Å²) in [6.45, 7) is 1.99. The molecule has 5 aromatic rings. The average Bonchev–Trinajstić information content (AvgIpc) is 3.27. The average molecular weight is 530 g/mol. The van der Waals surface area contributed by atoms with E-state index in [0.717, 1.165) is 39.9 Å². The van der Waals surface area contributed by atoms with Crippen molar-refractivity contribution in [2.24, 2.45) is 7.05 Å². The molecular formula is C27H25F2N9O. The first-order valence-corrected chi connectivity index (χ1v) is 12.0. The first-order chi connectivity index (χ1) is 18.7.